The molecular weight excluding hydrogens is 428 g/mol. The number of hydrogen-bond donors (Lipinski definition) is 0. The maximum Gasteiger partial charge on any atom is 0.0726 e. The lowest BCUT2D eigenvalue weighted by molar-refractivity contribution is 0.773. The Labute approximate surface area is 184 Å². The van der Waals surface area contributed by atoms with Crippen molar-refractivity contribution in [2.45, 2.75) is 5.41 Å². The lowest BCUT2D eigenvalue weighted by Gasteiger charge is -2.40. The molecule has 1 spiro atoms. The van der Waals surface area contributed by atoms with E-state index in [-0.39, 0.29) is 5.41 Å². The molecule has 7 rings (SSSR count). The summed E-state index contributed by atoms with van der Waals surface area (Å²) in [7, 11) is 0. The van der Waals surface area contributed by atoms with Crippen molar-refractivity contribution >= 4 is 26.7 Å². The lowest BCUT2D eigenvalue weighted by Crippen LogP contribution is -2.31. The van der Waals surface area contributed by atoms with Crippen molar-refractivity contribution in [1.29, 1.82) is 0 Å². The maximum absolute atomic E-state index is 3.78. The van der Waals surface area contributed by atoms with Gasteiger partial charge in [-0.3, -0.25) is 0 Å². The van der Waals surface area contributed by atoms with Crippen LogP contribution in [-0.2, 0) is 5.41 Å². The molecule has 5 aromatic rings. The van der Waals surface area contributed by atoms with Gasteiger partial charge in [0.05, 0.1) is 5.41 Å². The van der Waals surface area contributed by atoms with Crippen molar-refractivity contribution in [3.8, 4) is 22.3 Å². The summed E-state index contributed by atoms with van der Waals surface area (Å²) in [4.78, 5) is 0. The number of hydrogen-bond acceptors (Lipinski definition) is 0. The lowest BCUT2D eigenvalue weighted by atomic mass is 9.61. The van der Waals surface area contributed by atoms with Gasteiger partial charge in [0.25, 0.3) is 0 Å². The molecule has 0 saturated carbocycles. The summed E-state index contributed by atoms with van der Waals surface area (Å²) in [6.07, 6.45) is 0. The van der Waals surface area contributed by atoms with Gasteiger partial charge in [-0.1, -0.05) is 107 Å². The predicted molar refractivity (Wildman–Crippen MR) is 128 cm³/mol. The van der Waals surface area contributed by atoms with Gasteiger partial charge in [-0.2, -0.15) is 0 Å². The average Bonchev–Trinajstić information content (AvgIpc) is 3.09. The quantitative estimate of drug-likeness (QED) is 0.222. The van der Waals surface area contributed by atoms with Gasteiger partial charge in [0.2, 0.25) is 0 Å². The van der Waals surface area contributed by atoms with E-state index in [0.717, 1.165) is 4.47 Å². The number of benzene rings is 5. The highest BCUT2D eigenvalue weighted by Crippen LogP contribution is 2.61. The minimum atomic E-state index is -0.305. The largest absolute Gasteiger partial charge is 0.0726 e. The Kier molecular flexibility index (Phi) is 3.16. The van der Waals surface area contributed by atoms with Crippen molar-refractivity contribution < 1.29 is 0 Å². The number of fused-ring (bicyclic) bond motifs is 9. The van der Waals surface area contributed by atoms with Crippen LogP contribution >= 0.6 is 15.9 Å². The van der Waals surface area contributed by atoms with E-state index < -0.39 is 0 Å². The molecule has 0 saturated heterocycles. The highest BCUT2D eigenvalue weighted by Gasteiger charge is 2.49. The van der Waals surface area contributed by atoms with Crippen LogP contribution in [0.4, 0.5) is 0 Å². The fraction of sp³-hybridized carbons (Fsp3) is 0.0345. The molecule has 0 aromatic heterocycles. The summed E-state index contributed by atoms with van der Waals surface area (Å²) in [5.41, 5.74) is 10.6. The van der Waals surface area contributed by atoms with Gasteiger partial charge in [-0.15, -0.1) is 0 Å². The molecule has 30 heavy (non-hydrogen) atoms. The first-order valence-electron chi connectivity index (χ1n) is 10.3. The van der Waals surface area contributed by atoms with Gasteiger partial charge in [0.1, 0.15) is 0 Å². The van der Waals surface area contributed by atoms with Crippen molar-refractivity contribution in [1.82, 2.24) is 0 Å². The molecule has 0 nitrogen and oxygen atoms in total. The Bertz CT molecular complexity index is 1460. The second-order valence-corrected chi connectivity index (χ2v) is 9.16. The molecule has 0 radical (unpaired) electrons. The minimum Gasteiger partial charge on any atom is -0.0619 e. The first-order chi connectivity index (χ1) is 14.8. The molecular formula is C29H17Br. The molecule has 0 atom stereocenters. The van der Waals surface area contributed by atoms with Crippen LogP contribution in [0.1, 0.15) is 22.3 Å². The van der Waals surface area contributed by atoms with Crippen LogP contribution in [-0.4, -0.2) is 0 Å². The summed E-state index contributed by atoms with van der Waals surface area (Å²) in [5.74, 6) is 0. The van der Waals surface area contributed by atoms with Crippen LogP contribution in [0.15, 0.2) is 108 Å². The van der Waals surface area contributed by atoms with Crippen LogP contribution in [0.25, 0.3) is 33.0 Å². The fourth-order valence-corrected chi connectivity index (χ4v) is 6.26. The van der Waals surface area contributed by atoms with E-state index in [1.807, 2.05) is 0 Å². The van der Waals surface area contributed by atoms with Crippen LogP contribution in [0, 0.1) is 0 Å². The van der Waals surface area contributed by atoms with Crippen LogP contribution in [0.3, 0.4) is 0 Å². The Balaban J connectivity index is 1.80. The normalized spacial score (nSPS) is 14.4. The SMILES string of the molecule is Brc1ccc2c(c1)C1(c3ccccc3-c3ccccc31)c1cccc3cccc-2c13. The minimum absolute atomic E-state index is 0.305. The summed E-state index contributed by atoms with van der Waals surface area (Å²) in [5, 5.41) is 2.68. The first-order valence-corrected chi connectivity index (χ1v) is 11.1. The molecule has 0 N–H and O–H groups in total. The zero-order valence-electron chi connectivity index (χ0n) is 16.2. The van der Waals surface area contributed by atoms with Gasteiger partial charge >= 0.3 is 0 Å². The van der Waals surface area contributed by atoms with E-state index in [1.54, 1.807) is 0 Å². The van der Waals surface area contributed by atoms with E-state index in [9.17, 15) is 0 Å². The van der Waals surface area contributed by atoms with Gasteiger partial charge in [-0.25, -0.2) is 0 Å². The molecule has 0 aliphatic heterocycles. The van der Waals surface area contributed by atoms with Gasteiger partial charge < -0.3 is 0 Å². The summed E-state index contributed by atoms with van der Waals surface area (Å²) >= 11 is 3.78. The van der Waals surface area contributed by atoms with Crippen LogP contribution < -0.4 is 0 Å². The predicted octanol–water partition coefficient (Wildman–Crippen LogP) is 7.95. The Hall–Kier alpha value is -3.16. The molecule has 0 bridgehead atoms. The second kappa shape index (κ2) is 5.71. The summed E-state index contributed by atoms with van der Waals surface area (Å²) in [6.45, 7) is 0. The highest BCUT2D eigenvalue weighted by molar-refractivity contribution is 9.10. The maximum atomic E-state index is 3.78. The third kappa shape index (κ3) is 1.83. The molecule has 140 valence electrons. The van der Waals surface area contributed by atoms with Gasteiger partial charge in [0, 0.05) is 4.47 Å². The average molecular weight is 445 g/mol. The molecule has 2 aliphatic carbocycles. The highest BCUT2D eigenvalue weighted by atomic mass is 79.9. The number of halogens is 1. The molecule has 0 heterocycles. The zero-order chi connectivity index (χ0) is 19.9. The standard InChI is InChI=1S/C29H17Br/c30-19-15-16-22-23-11-5-7-18-8-6-14-26(28(18)23)29(27(22)17-19)24-12-3-1-9-20(24)21-10-2-4-13-25(21)29/h1-17H. The molecule has 0 fully saturated rings. The van der Waals surface area contributed by atoms with Gasteiger partial charge in [-0.05, 0) is 67.4 Å². The van der Waals surface area contributed by atoms with Crippen LogP contribution in [0.2, 0.25) is 0 Å². The summed E-state index contributed by atoms with van der Waals surface area (Å²) < 4.78 is 1.12. The van der Waals surface area contributed by atoms with Crippen molar-refractivity contribution in [2.24, 2.45) is 0 Å². The molecule has 1 heteroatoms. The molecule has 0 unspecified atom stereocenters. The van der Waals surface area contributed by atoms with Crippen molar-refractivity contribution in [3.05, 3.63) is 130 Å². The topological polar surface area (TPSA) is 0 Å². The molecule has 5 aromatic carbocycles. The van der Waals surface area contributed by atoms with Crippen molar-refractivity contribution in [3.63, 3.8) is 0 Å². The molecule has 2 aliphatic rings. The smallest absolute Gasteiger partial charge is 0.0619 e. The third-order valence-electron chi connectivity index (χ3n) is 6.94. The third-order valence-corrected chi connectivity index (χ3v) is 7.43. The van der Waals surface area contributed by atoms with Gasteiger partial charge in [0.15, 0.2) is 0 Å². The fourth-order valence-electron chi connectivity index (χ4n) is 5.90. The molecule has 0 amide bonds. The monoisotopic (exact) mass is 444 g/mol. The Morgan fingerprint density at radius 3 is 1.77 bits per heavy atom. The van der Waals surface area contributed by atoms with E-state index >= 15 is 0 Å². The second-order valence-electron chi connectivity index (χ2n) is 8.24. The number of rotatable bonds is 0. The Morgan fingerprint density at radius 1 is 0.467 bits per heavy atom. The first kappa shape index (κ1) is 16.6. The van der Waals surface area contributed by atoms with E-state index in [4.69, 9.17) is 0 Å². The zero-order valence-corrected chi connectivity index (χ0v) is 17.8. The van der Waals surface area contributed by atoms with E-state index in [1.165, 1.54) is 55.3 Å². The Morgan fingerprint density at radius 2 is 1.03 bits per heavy atom. The van der Waals surface area contributed by atoms with Crippen LogP contribution in [0.5, 0.6) is 0 Å². The van der Waals surface area contributed by atoms with Crippen molar-refractivity contribution in [2.75, 3.05) is 0 Å². The van der Waals surface area contributed by atoms with E-state index in [0.29, 0.717) is 0 Å². The van der Waals surface area contributed by atoms with E-state index in [2.05, 4.69) is 119 Å². The summed E-state index contributed by atoms with van der Waals surface area (Å²) in [6, 6.07) is 38.2.